The molecule has 0 aliphatic carbocycles. The molecule has 0 saturated carbocycles. The van der Waals surface area contributed by atoms with Gasteiger partial charge in [-0.25, -0.2) is 4.39 Å². The summed E-state index contributed by atoms with van der Waals surface area (Å²) in [5.41, 5.74) is -1.61. The van der Waals surface area contributed by atoms with Crippen molar-refractivity contribution in [3.05, 3.63) is 64.7 Å². The predicted molar refractivity (Wildman–Crippen MR) is 63.8 cm³/mol. The summed E-state index contributed by atoms with van der Waals surface area (Å²) >= 11 is 0. The minimum Gasteiger partial charge on any atom is -0.288 e. The molecule has 0 spiro atoms. The quantitative estimate of drug-likeness (QED) is 0.620. The summed E-state index contributed by atoms with van der Waals surface area (Å²) in [7, 11) is 0. The number of hydrogen-bond donors (Lipinski definition) is 0. The first kappa shape index (κ1) is 14.2. The smallest absolute Gasteiger partial charge is 0.288 e. The van der Waals surface area contributed by atoms with Crippen LogP contribution in [0.15, 0.2) is 36.7 Å². The minimum absolute atomic E-state index is 0.400. The van der Waals surface area contributed by atoms with E-state index in [0.717, 1.165) is 18.5 Å². The second kappa shape index (κ2) is 5.03. The molecule has 0 atom stereocenters. The van der Waals surface area contributed by atoms with Crippen LogP contribution in [0.5, 0.6) is 0 Å². The Hall–Kier alpha value is -2.24. The van der Waals surface area contributed by atoms with Crippen molar-refractivity contribution in [2.75, 3.05) is 0 Å². The van der Waals surface area contributed by atoms with E-state index in [1.165, 1.54) is 12.1 Å². The molecule has 0 radical (unpaired) electrons. The first-order chi connectivity index (χ1) is 9.30. The Morgan fingerprint density at radius 1 is 1.15 bits per heavy atom. The molecule has 0 aliphatic heterocycles. The lowest BCUT2D eigenvalue weighted by molar-refractivity contribution is -0.137. The second-order valence-electron chi connectivity index (χ2n) is 4.23. The molecule has 0 amide bonds. The monoisotopic (exact) mass is 283 g/mol. The summed E-state index contributed by atoms with van der Waals surface area (Å²) in [6.07, 6.45) is -2.96. The zero-order valence-corrected chi connectivity index (χ0v) is 10.3. The van der Waals surface area contributed by atoms with E-state index in [-0.39, 0.29) is 0 Å². The van der Waals surface area contributed by atoms with Crippen LogP contribution in [0.4, 0.5) is 17.6 Å². The molecule has 1 aromatic carbocycles. The number of carbonyl (C=O) groups is 1. The van der Waals surface area contributed by atoms with E-state index in [2.05, 4.69) is 4.98 Å². The minimum atomic E-state index is -4.70. The topological polar surface area (TPSA) is 30.0 Å². The summed E-state index contributed by atoms with van der Waals surface area (Å²) in [6, 6.07) is 4.39. The number of pyridine rings is 1. The number of nitrogens with zero attached hydrogens (tertiary/aromatic N) is 1. The largest absolute Gasteiger partial charge is 0.417 e. The molecule has 20 heavy (non-hydrogen) atoms. The fraction of sp³-hybridized carbons (Fsp3) is 0.143. The van der Waals surface area contributed by atoms with E-state index in [0.29, 0.717) is 11.6 Å². The van der Waals surface area contributed by atoms with Gasteiger partial charge >= 0.3 is 6.18 Å². The van der Waals surface area contributed by atoms with Crippen LogP contribution in [-0.2, 0) is 6.18 Å². The van der Waals surface area contributed by atoms with Crippen LogP contribution in [0.1, 0.15) is 27.0 Å². The molecular weight excluding hydrogens is 274 g/mol. The lowest BCUT2D eigenvalue weighted by atomic mass is 9.98. The third-order valence-corrected chi connectivity index (χ3v) is 2.74. The van der Waals surface area contributed by atoms with Crippen molar-refractivity contribution in [3.8, 4) is 0 Å². The van der Waals surface area contributed by atoms with Crippen LogP contribution in [0.2, 0.25) is 0 Å². The molecule has 2 aromatic rings. The van der Waals surface area contributed by atoms with Crippen LogP contribution in [0.25, 0.3) is 0 Å². The van der Waals surface area contributed by atoms with Crippen LogP contribution in [-0.4, -0.2) is 10.8 Å². The summed E-state index contributed by atoms with van der Waals surface area (Å²) in [5.74, 6) is -1.90. The normalized spacial score (nSPS) is 11.4. The van der Waals surface area contributed by atoms with Gasteiger partial charge in [0.2, 0.25) is 0 Å². The van der Waals surface area contributed by atoms with Crippen molar-refractivity contribution < 1.29 is 22.4 Å². The van der Waals surface area contributed by atoms with Crippen molar-refractivity contribution in [2.45, 2.75) is 13.1 Å². The second-order valence-corrected chi connectivity index (χ2v) is 4.23. The number of aryl methyl sites for hydroxylation is 1. The van der Waals surface area contributed by atoms with Gasteiger partial charge in [-0.3, -0.25) is 9.78 Å². The Balaban J connectivity index is 2.57. The van der Waals surface area contributed by atoms with E-state index in [1.807, 2.05) is 0 Å². The van der Waals surface area contributed by atoms with Gasteiger partial charge in [-0.1, -0.05) is 11.6 Å². The van der Waals surface area contributed by atoms with Crippen molar-refractivity contribution in [1.82, 2.24) is 4.98 Å². The molecule has 0 aliphatic rings. The van der Waals surface area contributed by atoms with Crippen LogP contribution < -0.4 is 0 Å². The van der Waals surface area contributed by atoms with Crippen LogP contribution in [0, 0.1) is 12.7 Å². The van der Waals surface area contributed by atoms with E-state index in [1.54, 1.807) is 6.92 Å². The Morgan fingerprint density at radius 3 is 2.50 bits per heavy atom. The molecule has 0 fully saturated rings. The van der Waals surface area contributed by atoms with Gasteiger partial charge < -0.3 is 0 Å². The van der Waals surface area contributed by atoms with Gasteiger partial charge in [0.15, 0.2) is 5.78 Å². The number of aromatic nitrogens is 1. The summed E-state index contributed by atoms with van der Waals surface area (Å²) in [5, 5.41) is 0. The highest BCUT2D eigenvalue weighted by atomic mass is 19.4. The molecule has 2 nitrogen and oxygen atoms in total. The highest BCUT2D eigenvalue weighted by molar-refractivity contribution is 6.10. The van der Waals surface area contributed by atoms with Gasteiger partial charge in [0.1, 0.15) is 5.82 Å². The number of alkyl halides is 3. The van der Waals surface area contributed by atoms with Crippen molar-refractivity contribution in [3.63, 3.8) is 0 Å². The van der Waals surface area contributed by atoms with Gasteiger partial charge in [0.05, 0.1) is 16.7 Å². The number of carbonyl (C=O) groups excluding carboxylic acids is 1. The van der Waals surface area contributed by atoms with Gasteiger partial charge in [-0.05, 0) is 25.1 Å². The molecule has 1 aromatic heterocycles. The van der Waals surface area contributed by atoms with Crippen molar-refractivity contribution in [1.29, 1.82) is 0 Å². The number of ketones is 1. The standard InChI is InChI=1S/C14H9F4NO/c1-8-2-3-12(15)9(6-8)13(20)10-7-19-5-4-11(10)14(16,17)18/h2-7H,1H3. The average Bonchev–Trinajstić information content (AvgIpc) is 2.40. The maximum Gasteiger partial charge on any atom is 0.417 e. The van der Waals surface area contributed by atoms with E-state index >= 15 is 0 Å². The lowest BCUT2D eigenvalue weighted by Crippen LogP contribution is -2.15. The molecule has 1 heterocycles. The fourth-order valence-electron chi connectivity index (χ4n) is 1.78. The Bertz CT molecular complexity index is 664. The average molecular weight is 283 g/mol. The predicted octanol–water partition coefficient (Wildman–Crippen LogP) is 3.78. The molecule has 0 saturated heterocycles. The maximum atomic E-state index is 13.6. The van der Waals surface area contributed by atoms with E-state index < -0.39 is 34.5 Å². The van der Waals surface area contributed by atoms with Gasteiger partial charge in [0.25, 0.3) is 0 Å². The molecular formula is C14H9F4NO. The highest BCUT2D eigenvalue weighted by Gasteiger charge is 2.35. The first-order valence-corrected chi connectivity index (χ1v) is 5.63. The van der Waals surface area contributed by atoms with Crippen LogP contribution >= 0.6 is 0 Å². The zero-order valence-electron chi connectivity index (χ0n) is 10.3. The van der Waals surface area contributed by atoms with Crippen molar-refractivity contribution in [2.24, 2.45) is 0 Å². The molecule has 0 unspecified atom stereocenters. The van der Waals surface area contributed by atoms with Gasteiger partial charge in [0, 0.05) is 12.4 Å². The third-order valence-electron chi connectivity index (χ3n) is 2.74. The summed E-state index contributed by atoms with van der Waals surface area (Å²) < 4.78 is 52.1. The van der Waals surface area contributed by atoms with E-state index in [9.17, 15) is 22.4 Å². The van der Waals surface area contributed by atoms with Crippen molar-refractivity contribution >= 4 is 5.78 Å². The molecule has 0 N–H and O–H groups in total. The molecule has 0 bridgehead atoms. The van der Waals surface area contributed by atoms with Crippen LogP contribution in [0.3, 0.4) is 0 Å². The molecule has 2 rings (SSSR count). The number of rotatable bonds is 2. The number of halogens is 4. The molecule has 6 heteroatoms. The Labute approximate surface area is 112 Å². The highest BCUT2D eigenvalue weighted by Crippen LogP contribution is 2.32. The lowest BCUT2D eigenvalue weighted by Gasteiger charge is -2.11. The number of hydrogen-bond acceptors (Lipinski definition) is 2. The number of benzene rings is 1. The van der Waals surface area contributed by atoms with Gasteiger partial charge in [-0.15, -0.1) is 0 Å². The van der Waals surface area contributed by atoms with Gasteiger partial charge in [-0.2, -0.15) is 13.2 Å². The SMILES string of the molecule is Cc1ccc(F)c(C(=O)c2cnccc2C(F)(F)F)c1. The maximum absolute atomic E-state index is 13.6. The van der Waals surface area contributed by atoms with E-state index in [4.69, 9.17) is 0 Å². The third kappa shape index (κ3) is 2.68. The fourth-order valence-corrected chi connectivity index (χ4v) is 1.78. The summed E-state index contributed by atoms with van der Waals surface area (Å²) in [6.45, 7) is 1.62. The summed E-state index contributed by atoms with van der Waals surface area (Å²) in [4.78, 5) is 15.6. The zero-order chi connectivity index (χ0) is 14.9. The Kier molecular flexibility index (Phi) is 3.57. The first-order valence-electron chi connectivity index (χ1n) is 5.63. The Morgan fingerprint density at radius 2 is 1.85 bits per heavy atom. The molecule has 104 valence electrons.